The summed E-state index contributed by atoms with van der Waals surface area (Å²) in [5.74, 6) is -1.45. The maximum atomic E-state index is 12.8. The van der Waals surface area contributed by atoms with Crippen molar-refractivity contribution in [3.63, 3.8) is 0 Å². The third-order valence-corrected chi connectivity index (χ3v) is 4.74. The first-order chi connectivity index (χ1) is 14.4. The van der Waals surface area contributed by atoms with Gasteiger partial charge in [-0.3, -0.25) is 14.6 Å². The van der Waals surface area contributed by atoms with E-state index in [-0.39, 0.29) is 5.69 Å². The number of benzene rings is 1. The van der Waals surface area contributed by atoms with Gasteiger partial charge in [0.25, 0.3) is 5.91 Å². The van der Waals surface area contributed by atoms with Crippen LogP contribution in [0.3, 0.4) is 0 Å². The molecular weight excluding hydrogens is 413 g/mol. The monoisotopic (exact) mass is 435 g/mol. The molecule has 10 heteroatoms. The fourth-order valence-electron chi connectivity index (χ4n) is 3.15. The van der Waals surface area contributed by atoms with Crippen LogP contribution in [-0.2, 0) is 24.2 Å². The van der Waals surface area contributed by atoms with E-state index in [1.165, 1.54) is 12.1 Å². The van der Waals surface area contributed by atoms with Gasteiger partial charge in [0.1, 0.15) is 11.4 Å². The number of hydrogen-bond donors (Lipinski definition) is 2. The molecular formula is C21H22F3N4O3. The van der Waals surface area contributed by atoms with Crippen molar-refractivity contribution in [3.05, 3.63) is 47.4 Å². The first-order valence-corrected chi connectivity index (χ1v) is 9.67. The number of aromatic nitrogens is 3. The van der Waals surface area contributed by atoms with E-state index in [9.17, 15) is 28.2 Å². The van der Waals surface area contributed by atoms with Gasteiger partial charge >= 0.3 is 6.18 Å². The number of amides is 1. The summed E-state index contributed by atoms with van der Waals surface area (Å²) in [5, 5.41) is 29.8. The minimum absolute atomic E-state index is 0.0755. The van der Waals surface area contributed by atoms with Crippen LogP contribution in [0.4, 0.5) is 18.9 Å². The van der Waals surface area contributed by atoms with Crippen molar-refractivity contribution in [1.29, 1.82) is 0 Å². The molecule has 0 unspecified atom stereocenters. The van der Waals surface area contributed by atoms with Gasteiger partial charge in [-0.2, -0.15) is 18.3 Å². The molecule has 2 aromatic heterocycles. The van der Waals surface area contributed by atoms with Crippen LogP contribution in [0.1, 0.15) is 49.1 Å². The molecule has 0 aliphatic heterocycles. The molecule has 0 atom stereocenters. The summed E-state index contributed by atoms with van der Waals surface area (Å²) in [5.41, 5.74) is -1.36. The Morgan fingerprint density at radius 3 is 2.55 bits per heavy atom. The van der Waals surface area contributed by atoms with E-state index >= 15 is 0 Å². The lowest BCUT2D eigenvalue weighted by atomic mass is 10.1. The van der Waals surface area contributed by atoms with Crippen LogP contribution in [0.2, 0.25) is 0 Å². The smallest absolute Gasteiger partial charge is 0.390 e. The van der Waals surface area contributed by atoms with Crippen molar-refractivity contribution < 1.29 is 28.2 Å². The molecule has 1 amide bonds. The number of pyridine rings is 1. The minimum atomic E-state index is -4.69. The zero-order chi connectivity index (χ0) is 23.0. The number of fused-ring (bicyclic) bond motifs is 1. The van der Waals surface area contributed by atoms with Gasteiger partial charge in [0.2, 0.25) is 5.75 Å². The molecule has 0 saturated carbocycles. The normalized spacial score (nSPS) is 12.4. The molecule has 0 saturated heterocycles. The number of anilines is 1. The van der Waals surface area contributed by atoms with Crippen LogP contribution in [-0.4, -0.2) is 31.4 Å². The van der Waals surface area contributed by atoms with Gasteiger partial charge in [-0.1, -0.05) is 13.0 Å². The van der Waals surface area contributed by atoms with Gasteiger partial charge in [0.15, 0.2) is 0 Å². The molecule has 7 nitrogen and oxygen atoms in total. The largest absolute Gasteiger partial charge is 0.433 e. The van der Waals surface area contributed by atoms with Gasteiger partial charge in [0.05, 0.1) is 16.8 Å². The molecule has 1 radical (unpaired) electrons. The van der Waals surface area contributed by atoms with Gasteiger partial charge in [-0.15, -0.1) is 0 Å². The second-order valence-electron chi connectivity index (χ2n) is 7.81. The number of rotatable bonds is 6. The molecule has 3 aromatic rings. The standard InChI is InChI=1S/C21H22F3N4O3/c1-4-16-12-10-15(17(29)11-14(12)27-28(16)9-8-20(2,3)31)26-19(30)13-6-5-7-18(25-13)21(22,23)24/h5-7,10-11,31H,4,8-9H2,1-3H3,(H,26,30). The lowest BCUT2D eigenvalue weighted by molar-refractivity contribution is -0.141. The molecule has 0 bridgehead atoms. The highest BCUT2D eigenvalue weighted by molar-refractivity contribution is 6.05. The predicted octanol–water partition coefficient (Wildman–Crippen LogP) is 4.57. The van der Waals surface area contributed by atoms with E-state index in [1.54, 1.807) is 18.5 Å². The number of halogens is 3. The molecule has 31 heavy (non-hydrogen) atoms. The molecule has 2 heterocycles. The lowest BCUT2D eigenvalue weighted by Gasteiger charge is -2.17. The Morgan fingerprint density at radius 1 is 1.23 bits per heavy atom. The number of hydrogen-bond acceptors (Lipinski definition) is 4. The molecule has 0 spiro atoms. The highest BCUT2D eigenvalue weighted by Gasteiger charge is 2.33. The number of aliphatic hydroxyl groups is 1. The van der Waals surface area contributed by atoms with Crippen LogP contribution >= 0.6 is 0 Å². The summed E-state index contributed by atoms with van der Waals surface area (Å²) < 4.78 is 40.3. The summed E-state index contributed by atoms with van der Waals surface area (Å²) in [4.78, 5) is 15.8. The van der Waals surface area contributed by atoms with E-state index in [4.69, 9.17) is 0 Å². The van der Waals surface area contributed by atoms with Crippen molar-refractivity contribution >= 4 is 22.5 Å². The predicted molar refractivity (Wildman–Crippen MR) is 107 cm³/mol. The molecule has 2 N–H and O–H groups in total. The van der Waals surface area contributed by atoms with Crippen molar-refractivity contribution in [1.82, 2.24) is 14.8 Å². The molecule has 0 aliphatic rings. The maximum Gasteiger partial charge on any atom is 0.433 e. The fraction of sp³-hybridized carbons (Fsp3) is 0.381. The third kappa shape index (κ3) is 5.13. The Morgan fingerprint density at radius 2 is 1.94 bits per heavy atom. The van der Waals surface area contributed by atoms with Gasteiger partial charge in [-0.05, 0) is 44.9 Å². The maximum absolute atomic E-state index is 12.8. The second-order valence-corrected chi connectivity index (χ2v) is 7.81. The highest BCUT2D eigenvalue weighted by Crippen LogP contribution is 2.33. The van der Waals surface area contributed by atoms with E-state index < -0.39 is 34.8 Å². The minimum Gasteiger partial charge on any atom is -0.390 e. The summed E-state index contributed by atoms with van der Waals surface area (Å²) in [6.07, 6.45) is -3.65. The van der Waals surface area contributed by atoms with Crippen molar-refractivity contribution in [2.24, 2.45) is 0 Å². The number of aryl methyl sites for hydroxylation is 2. The number of nitrogens with one attached hydrogen (secondary N) is 1. The van der Waals surface area contributed by atoms with Crippen LogP contribution in [0.25, 0.3) is 10.9 Å². The zero-order valence-electron chi connectivity index (χ0n) is 17.2. The SMILES string of the molecule is CCc1c2cc(NC(=O)c3cccc(C(F)(F)F)n3)c([O])cc2nn1CCC(C)(C)O. The second kappa shape index (κ2) is 8.18. The van der Waals surface area contributed by atoms with Crippen molar-refractivity contribution in [2.45, 2.75) is 51.9 Å². The summed E-state index contributed by atoms with van der Waals surface area (Å²) >= 11 is 0. The van der Waals surface area contributed by atoms with E-state index in [2.05, 4.69) is 15.4 Å². The van der Waals surface area contributed by atoms with E-state index in [1.807, 2.05) is 6.92 Å². The van der Waals surface area contributed by atoms with E-state index in [0.29, 0.717) is 30.3 Å². The number of nitrogens with zero attached hydrogens (tertiary/aromatic N) is 3. The van der Waals surface area contributed by atoms with Gasteiger partial charge in [-0.25, -0.2) is 4.98 Å². The number of carbonyl (C=O) groups is 1. The quantitative estimate of drug-likeness (QED) is 0.592. The lowest BCUT2D eigenvalue weighted by Crippen LogP contribution is -2.22. The van der Waals surface area contributed by atoms with Crippen molar-refractivity contribution in [2.75, 3.05) is 5.32 Å². The Hall–Kier alpha value is -3.14. The molecule has 165 valence electrons. The van der Waals surface area contributed by atoms with Crippen LogP contribution in [0.5, 0.6) is 5.75 Å². The Kier molecular flexibility index (Phi) is 5.95. The third-order valence-electron chi connectivity index (χ3n) is 4.74. The van der Waals surface area contributed by atoms with Gasteiger partial charge < -0.3 is 10.4 Å². The Balaban J connectivity index is 1.92. The van der Waals surface area contributed by atoms with Gasteiger partial charge in [0, 0.05) is 23.7 Å². The Labute approximate surface area is 176 Å². The molecule has 0 aliphatic carbocycles. The van der Waals surface area contributed by atoms with Crippen molar-refractivity contribution in [3.8, 4) is 5.75 Å². The first-order valence-electron chi connectivity index (χ1n) is 9.67. The Bertz CT molecular complexity index is 1120. The summed E-state index contributed by atoms with van der Waals surface area (Å²) in [7, 11) is 0. The average Bonchev–Trinajstić information content (AvgIpc) is 3.01. The van der Waals surface area contributed by atoms with E-state index in [0.717, 1.165) is 23.9 Å². The van der Waals surface area contributed by atoms with Crippen LogP contribution in [0.15, 0.2) is 30.3 Å². The summed E-state index contributed by atoms with van der Waals surface area (Å²) in [6.45, 7) is 5.72. The fourth-order valence-corrected chi connectivity index (χ4v) is 3.15. The first kappa shape index (κ1) is 22.5. The topological polar surface area (TPSA) is 99.9 Å². The number of alkyl halides is 3. The molecule has 1 aromatic carbocycles. The summed E-state index contributed by atoms with van der Waals surface area (Å²) in [6, 6.07) is 5.71. The molecule has 0 fully saturated rings. The average molecular weight is 435 g/mol. The van der Waals surface area contributed by atoms with Crippen LogP contribution < -0.4 is 5.32 Å². The zero-order valence-corrected chi connectivity index (χ0v) is 17.2. The highest BCUT2D eigenvalue weighted by atomic mass is 19.4. The number of carbonyl (C=O) groups excluding carboxylic acids is 1. The van der Waals surface area contributed by atoms with Crippen LogP contribution in [0, 0.1) is 0 Å². The molecule has 3 rings (SSSR count).